The fourth-order valence-electron chi connectivity index (χ4n) is 3.88. The summed E-state index contributed by atoms with van der Waals surface area (Å²) < 4.78 is 2.81. The molecule has 5 heteroatoms. The van der Waals surface area contributed by atoms with E-state index in [1.54, 1.807) is 6.20 Å². The van der Waals surface area contributed by atoms with Gasteiger partial charge in [0.1, 0.15) is 0 Å². The topological polar surface area (TPSA) is 38.7 Å². The van der Waals surface area contributed by atoms with Gasteiger partial charge in [0.15, 0.2) is 0 Å². The molecule has 4 aromatic heterocycles. The Balaban J connectivity index is 0.000000172. The Bertz CT molecular complexity index is 1640. The first kappa shape index (κ1) is 26.1. The number of nitrogens with zero attached hydrogens (tertiary/aromatic N) is 3. The molecule has 0 N–H and O–H groups in total. The van der Waals surface area contributed by atoms with E-state index in [1.807, 2.05) is 24.5 Å². The molecule has 6 aromatic rings. The van der Waals surface area contributed by atoms with Gasteiger partial charge in [0.25, 0.3) is 0 Å². The standard InChI is InChI=1S/C17H11N2Se.C14H14N.Ir/c1-11-6-7-18-9-14(11)15-8-13-12-4-2-3-5-16(12)20-17(13)10-19-15;1-10-4-6-13(7-5-10)14-8-11(2)12(3)9-15-14;/h2-8,10H,1H3;4-6,8-9H,1-3H3;/q2*-1;. The Morgan fingerprint density at radius 1 is 0.722 bits per heavy atom. The van der Waals surface area contributed by atoms with Crippen molar-refractivity contribution in [3.8, 4) is 22.5 Å². The third kappa shape index (κ3) is 5.56. The van der Waals surface area contributed by atoms with Crippen LogP contribution in [0.2, 0.25) is 0 Å². The number of pyridine rings is 3. The summed E-state index contributed by atoms with van der Waals surface area (Å²) in [5.74, 6) is 0. The maximum atomic E-state index is 4.61. The Labute approximate surface area is 231 Å². The maximum Gasteiger partial charge on any atom is 0 e. The first-order valence-corrected chi connectivity index (χ1v) is 13.2. The number of rotatable bonds is 2. The predicted octanol–water partition coefficient (Wildman–Crippen LogP) is 7.09. The quantitative estimate of drug-likeness (QED) is 0.142. The third-order valence-corrected chi connectivity index (χ3v) is 8.46. The molecule has 0 spiro atoms. The molecule has 0 bridgehead atoms. The minimum absolute atomic E-state index is 0. The molecule has 0 saturated carbocycles. The van der Waals surface area contributed by atoms with E-state index in [9.17, 15) is 0 Å². The minimum atomic E-state index is 0. The summed E-state index contributed by atoms with van der Waals surface area (Å²) in [4.78, 5) is 13.1. The van der Waals surface area contributed by atoms with E-state index in [0.717, 1.165) is 28.1 Å². The maximum absolute atomic E-state index is 4.61. The Hall–Kier alpha value is -2.94. The van der Waals surface area contributed by atoms with Gasteiger partial charge >= 0.3 is 122 Å². The average molecular weight is 711 g/mol. The molecule has 0 unspecified atom stereocenters. The Morgan fingerprint density at radius 2 is 1.53 bits per heavy atom. The second-order valence-electron chi connectivity index (χ2n) is 8.71. The molecule has 6 rings (SSSR count). The molecule has 1 radical (unpaired) electrons. The Kier molecular flexibility index (Phi) is 8.28. The zero-order valence-electron chi connectivity index (χ0n) is 20.6. The van der Waals surface area contributed by atoms with Crippen molar-refractivity contribution in [2.45, 2.75) is 27.7 Å². The normalized spacial score (nSPS) is 10.6. The van der Waals surface area contributed by atoms with Crippen LogP contribution >= 0.6 is 0 Å². The van der Waals surface area contributed by atoms with Crippen LogP contribution in [0.4, 0.5) is 0 Å². The molecule has 0 aliphatic rings. The van der Waals surface area contributed by atoms with Gasteiger partial charge in [0, 0.05) is 26.3 Å². The number of aromatic nitrogens is 3. The molecular formula is C31H25IrN3Se-2. The van der Waals surface area contributed by atoms with Crippen molar-refractivity contribution in [1.29, 1.82) is 0 Å². The minimum Gasteiger partial charge on any atom is 0 e. The van der Waals surface area contributed by atoms with Gasteiger partial charge in [-0.3, -0.25) is 0 Å². The summed E-state index contributed by atoms with van der Waals surface area (Å²) in [6.07, 6.45) is 8.76. The Morgan fingerprint density at radius 3 is 2.28 bits per heavy atom. The van der Waals surface area contributed by atoms with Gasteiger partial charge < -0.3 is 4.98 Å². The largest absolute Gasteiger partial charge is 0 e. The van der Waals surface area contributed by atoms with Crippen LogP contribution in [0.5, 0.6) is 0 Å². The fraction of sp³-hybridized carbons (Fsp3) is 0.129. The van der Waals surface area contributed by atoms with Crippen molar-refractivity contribution in [3.05, 3.63) is 114 Å². The van der Waals surface area contributed by atoms with Gasteiger partial charge in [-0.05, 0) is 25.1 Å². The molecule has 0 amide bonds. The number of benzene rings is 2. The predicted molar refractivity (Wildman–Crippen MR) is 146 cm³/mol. The van der Waals surface area contributed by atoms with Crippen molar-refractivity contribution >= 4 is 33.8 Å². The molecule has 4 heterocycles. The van der Waals surface area contributed by atoms with E-state index in [1.165, 1.54) is 36.0 Å². The van der Waals surface area contributed by atoms with Gasteiger partial charge in [0.2, 0.25) is 0 Å². The molecule has 0 aliphatic carbocycles. The molecule has 0 fully saturated rings. The summed E-state index contributed by atoms with van der Waals surface area (Å²) in [6.45, 7) is 8.31. The molecule has 36 heavy (non-hydrogen) atoms. The zero-order chi connectivity index (χ0) is 24.4. The van der Waals surface area contributed by atoms with E-state index in [0.29, 0.717) is 14.5 Å². The van der Waals surface area contributed by atoms with Gasteiger partial charge in [-0.15, -0.1) is 35.4 Å². The van der Waals surface area contributed by atoms with E-state index in [4.69, 9.17) is 0 Å². The van der Waals surface area contributed by atoms with Crippen molar-refractivity contribution in [2.75, 3.05) is 0 Å². The number of hydrogen-bond acceptors (Lipinski definition) is 3. The van der Waals surface area contributed by atoms with Crippen molar-refractivity contribution in [2.24, 2.45) is 0 Å². The molecule has 181 valence electrons. The van der Waals surface area contributed by atoms with Gasteiger partial charge in [-0.2, -0.15) is 0 Å². The number of aryl methyl sites for hydroxylation is 4. The second-order valence-corrected chi connectivity index (χ2v) is 11.0. The summed E-state index contributed by atoms with van der Waals surface area (Å²) in [5.41, 5.74) is 8.89. The van der Waals surface area contributed by atoms with Crippen LogP contribution in [0, 0.1) is 40.0 Å². The van der Waals surface area contributed by atoms with E-state index in [-0.39, 0.29) is 20.1 Å². The summed E-state index contributed by atoms with van der Waals surface area (Å²) in [7, 11) is 0. The third-order valence-electron chi connectivity index (χ3n) is 6.11. The summed E-state index contributed by atoms with van der Waals surface area (Å²) in [5, 5.41) is 2.68. The molecule has 0 aliphatic heterocycles. The molecular weight excluding hydrogens is 686 g/mol. The first-order chi connectivity index (χ1) is 17.0. The van der Waals surface area contributed by atoms with Crippen LogP contribution in [-0.4, -0.2) is 29.5 Å². The molecule has 0 saturated heterocycles. The smallest absolute Gasteiger partial charge is 0 e. The van der Waals surface area contributed by atoms with E-state index >= 15 is 0 Å². The van der Waals surface area contributed by atoms with Crippen molar-refractivity contribution < 1.29 is 20.1 Å². The monoisotopic (exact) mass is 712 g/mol. The zero-order valence-corrected chi connectivity index (χ0v) is 24.7. The molecule has 2 aromatic carbocycles. The van der Waals surface area contributed by atoms with Crippen LogP contribution in [-0.2, 0) is 20.1 Å². The van der Waals surface area contributed by atoms with Crippen LogP contribution in [0.3, 0.4) is 0 Å². The number of hydrogen-bond donors (Lipinski definition) is 0. The first-order valence-electron chi connectivity index (χ1n) is 11.5. The fourth-order valence-corrected chi connectivity index (χ4v) is 6.10. The van der Waals surface area contributed by atoms with Crippen LogP contribution in [0.15, 0.2) is 79.3 Å². The summed E-state index contributed by atoms with van der Waals surface area (Å²) >= 11 is 0.380. The molecule has 0 atom stereocenters. The average Bonchev–Trinajstić information content (AvgIpc) is 3.25. The van der Waals surface area contributed by atoms with Crippen molar-refractivity contribution in [3.63, 3.8) is 0 Å². The van der Waals surface area contributed by atoms with Gasteiger partial charge in [0.05, 0.1) is 0 Å². The summed E-state index contributed by atoms with van der Waals surface area (Å²) in [6, 6.07) is 24.3. The molecule has 3 nitrogen and oxygen atoms in total. The van der Waals surface area contributed by atoms with Crippen LogP contribution in [0.25, 0.3) is 41.8 Å². The van der Waals surface area contributed by atoms with E-state index < -0.39 is 0 Å². The van der Waals surface area contributed by atoms with Crippen LogP contribution in [0.1, 0.15) is 22.3 Å². The van der Waals surface area contributed by atoms with E-state index in [2.05, 4.69) is 103 Å². The van der Waals surface area contributed by atoms with Gasteiger partial charge in [-0.1, -0.05) is 18.6 Å². The van der Waals surface area contributed by atoms with Crippen LogP contribution < -0.4 is 0 Å². The SMILES string of the molecule is Cc1c[c-]c(-c2cc(C)c(C)cn2)cc1.Cc1ccn[c-]c1-c1cc2c(cn1)[se]c1ccccc12.[Ir]. The second kappa shape index (κ2) is 11.4. The number of fused-ring (bicyclic) bond motifs is 3. The van der Waals surface area contributed by atoms with Gasteiger partial charge in [-0.25, -0.2) is 0 Å². The van der Waals surface area contributed by atoms with Crippen molar-refractivity contribution in [1.82, 2.24) is 15.0 Å².